The average Bonchev–Trinajstić information content (AvgIpc) is 2.46. The van der Waals surface area contributed by atoms with E-state index in [4.69, 9.17) is 0 Å². The molecule has 0 bridgehead atoms. The predicted molar refractivity (Wildman–Crippen MR) is 78.6 cm³/mol. The summed E-state index contributed by atoms with van der Waals surface area (Å²) in [7, 11) is 0. The molecule has 2 atom stereocenters. The Morgan fingerprint density at radius 2 is 2.20 bits per heavy atom. The maximum Gasteiger partial charge on any atom is 0.227 e. The van der Waals surface area contributed by atoms with Crippen molar-refractivity contribution >= 4 is 5.91 Å². The van der Waals surface area contributed by atoms with E-state index in [1.54, 1.807) is 12.1 Å². The minimum absolute atomic E-state index is 0.0180. The van der Waals surface area contributed by atoms with E-state index in [1.807, 2.05) is 17.0 Å². The normalized spacial score (nSPS) is 22.4. The van der Waals surface area contributed by atoms with E-state index in [0.717, 1.165) is 24.8 Å². The molecule has 0 radical (unpaired) electrons. The second-order valence-corrected chi connectivity index (χ2v) is 5.10. The maximum atomic E-state index is 13.4. The summed E-state index contributed by atoms with van der Waals surface area (Å²) >= 11 is 0. The molecule has 0 aliphatic carbocycles. The Morgan fingerprint density at radius 3 is 2.85 bits per heavy atom. The van der Waals surface area contributed by atoms with E-state index >= 15 is 0 Å². The van der Waals surface area contributed by atoms with Gasteiger partial charge in [-0.1, -0.05) is 24.3 Å². The third kappa shape index (κ3) is 2.98. The fraction of sp³-hybridized carbons (Fsp3) is 0.353. The summed E-state index contributed by atoms with van der Waals surface area (Å²) in [6, 6.07) is 6.46. The van der Waals surface area contributed by atoms with Crippen LogP contribution in [0.2, 0.25) is 0 Å². The fourth-order valence-corrected chi connectivity index (χ4v) is 2.89. The average molecular weight is 273 g/mol. The van der Waals surface area contributed by atoms with E-state index in [2.05, 4.69) is 13.2 Å². The molecule has 2 unspecified atom stereocenters. The third-order valence-corrected chi connectivity index (χ3v) is 3.78. The lowest BCUT2D eigenvalue weighted by Gasteiger charge is -2.41. The molecule has 0 N–H and O–H groups in total. The standard InChI is InChI=1S/C17H20FNO/c1-3-7-17(20)19-15(4-2)10-6-11-16(19)13-8-5-9-14(18)12-13/h3-5,8-9,12,15-16H,1-2,6-7,10-11H2. The summed E-state index contributed by atoms with van der Waals surface area (Å²) < 4.78 is 13.4. The van der Waals surface area contributed by atoms with E-state index in [1.165, 1.54) is 12.1 Å². The van der Waals surface area contributed by atoms with Gasteiger partial charge in [0.05, 0.1) is 12.1 Å². The van der Waals surface area contributed by atoms with Crippen molar-refractivity contribution < 1.29 is 9.18 Å². The Kier molecular flexibility index (Phi) is 4.72. The lowest BCUT2D eigenvalue weighted by Crippen LogP contribution is -2.44. The number of hydrogen-bond acceptors (Lipinski definition) is 1. The Hall–Kier alpha value is -1.90. The Bertz CT molecular complexity index is 511. The molecule has 1 saturated heterocycles. The first-order valence-electron chi connectivity index (χ1n) is 6.97. The van der Waals surface area contributed by atoms with Crippen LogP contribution in [-0.2, 0) is 4.79 Å². The Morgan fingerprint density at radius 1 is 1.40 bits per heavy atom. The molecule has 2 nitrogen and oxygen atoms in total. The summed E-state index contributed by atoms with van der Waals surface area (Å²) in [6.45, 7) is 7.45. The van der Waals surface area contributed by atoms with Gasteiger partial charge < -0.3 is 4.90 Å². The highest BCUT2D eigenvalue weighted by Crippen LogP contribution is 2.35. The Labute approximate surface area is 119 Å². The van der Waals surface area contributed by atoms with Crippen molar-refractivity contribution in [3.63, 3.8) is 0 Å². The van der Waals surface area contributed by atoms with Gasteiger partial charge in [0.25, 0.3) is 0 Å². The van der Waals surface area contributed by atoms with Crippen molar-refractivity contribution in [2.24, 2.45) is 0 Å². The highest BCUT2D eigenvalue weighted by atomic mass is 19.1. The van der Waals surface area contributed by atoms with Crippen LogP contribution < -0.4 is 0 Å². The van der Waals surface area contributed by atoms with Gasteiger partial charge in [-0.2, -0.15) is 0 Å². The SMILES string of the molecule is C=CCC(=O)N1C(C=C)CCCC1c1cccc(F)c1. The van der Waals surface area contributed by atoms with Crippen molar-refractivity contribution in [3.8, 4) is 0 Å². The Balaban J connectivity index is 2.34. The number of benzene rings is 1. The summed E-state index contributed by atoms with van der Waals surface area (Å²) in [5.74, 6) is -0.238. The van der Waals surface area contributed by atoms with Crippen LogP contribution in [-0.4, -0.2) is 16.8 Å². The number of halogens is 1. The lowest BCUT2D eigenvalue weighted by molar-refractivity contribution is -0.136. The molecule has 0 saturated carbocycles. The zero-order valence-corrected chi connectivity index (χ0v) is 11.6. The van der Waals surface area contributed by atoms with E-state index in [9.17, 15) is 9.18 Å². The molecule has 2 rings (SSSR count). The quantitative estimate of drug-likeness (QED) is 0.759. The van der Waals surface area contributed by atoms with Gasteiger partial charge in [-0.05, 0) is 37.0 Å². The minimum Gasteiger partial charge on any atom is -0.329 e. The molecule has 1 aliphatic heterocycles. The van der Waals surface area contributed by atoms with Crippen molar-refractivity contribution in [2.45, 2.75) is 37.8 Å². The van der Waals surface area contributed by atoms with Crippen LogP contribution in [0.3, 0.4) is 0 Å². The van der Waals surface area contributed by atoms with Gasteiger partial charge in [0.2, 0.25) is 5.91 Å². The summed E-state index contributed by atoms with van der Waals surface area (Å²) in [4.78, 5) is 14.2. The van der Waals surface area contributed by atoms with E-state index in [-0.39, 0.29) is 23.8 Å². The number of amides is 1. The summed E-state index contributed by atoms with van der Waals surface area (Å²) in [5, 5.41) is 0. The van der Waals surface area contributed by atoms with Crippen LogP contribution in [0.5, 0.6) is 0 Å². The molecular weight excluding hydrogens is 253 g/mol. The van der Waals surface area contributed by atoms with Gasteiger partial charge in [-0.3, -0.25) is 4.79 Å². The first-order valence-corrected chi connectivity index (χ1v) is 6.97. The van der Waals surface area contributed by atoms with Gasteiger partial charge in [-0.15, -0.1) is 13.2 Å². The molecule has 1 aliphatic rings. The van der Waals surface area contributed by atoms with Crippen molar-refractivity contribution in [1.82, 2.24) is 4.90 Å². The monoisotopic (exact) mass is 273 g/mol. The second kappa shape index (κ2) is 6.51. The summed E-state index contributed by atoms with van der Waals surface area (Å²) in [6.07, 6.45) is 6.51. The number of nitrogens with zero attached hydrogens (tertiary/aromatic N) is 1. The largest absolute Gasteiger partial charge is 0.329 e. The molecule has 1 amide bonds. The fourth-order valence-electron chi connectivity index (χ4n) is 2.89. The van der Waals surface area contributed by atoms with Gasteiger partial charge in [0, 0.05) is 6.42 Å². The molecular formula is C17H20FNO. The van der Waals surface area contributed by atoms with E-state index < -0.39 is 0 Å². The van der Waals surface area contributed by atoms with Crippen molar-refractivity contribution in [2.75, 3.05) is 0 Å². The summed E-state index contributed by atoms with van der Waals surface area (Å²) in [5.41, 5.74) is 0.856. The van der Waals surface area contributed by atoms with Crippen molar-refractivity contribution in [1.29, 1.82) is 0 Å². The molecule has 0 spiro atoms. The second-order valence-electron chi connectivity index (χ2n) is 5.10. The molecule has 1 aromatic carbocycles. The third-order valence-electron chi connectivity index (χ3n) is 3.78. The zero-order valence-electron chi connectivity index (χ0n) is 11.6. The number of piperidine rings is 1. The maximum absolute atomic E-state index is 13.4. The molecule has 20 heavy (non-hydrogen) atoms. The van der Waals surface area contributed by atoms with Crippen LogP contribution in [0.25, 0.3) is 0 Å². The predicted octanol–water partition coefficient (Wildman–Crippen LogP) is 4.01. The highest BCUT2D eigenvalue weighted by molar-refractivity contribution is 5.78. The first-order chi connectivity index (χ1) is 9.67. The molecule has 1 heterocycles. The number of hydrogen-bond donors (Lipinski definition) is 0. The van der Waals surface area contributed by atoms with Crippen LogP contribution >= 0.6 is 0 Å². The van der Waals surface area contributed by atoms with Crippen LogP contribution in [0.1, 0.15) is 37.3 Å². The van der Waals surface area contributed by atoms with Crippen LogP contribution in [0.4, 0.5) is 4.39 Å². The molecule has 106 valence electrons. The zero-order chi connectivity index (χ0) is 14.5. The number of rotatable bonds is 4. The number of carbonyl (C=O) groups excluding carboxylic acids is 1. The van der Waals surface area contributed by atoms with Gasteiger partial charge >= 0.3 is 0 Å². The molecule has 1 fully saturated rings. The number of carbonyl (C=O) groups is 1. The van der Waals surface area contributed by atoms with Crippen LogP contribution in [0, 0.1) is 5.82 Å². The minimum atomic E-state index is -0.264. The van der Waals surface area contributed by atoms with E-state index in [0.29, 0.717) is 6.42 Å². The van der Waals surface area contributed by atoms with Gasteiger partial charge in [0.1, 0.15) is 5.82 Å². The highest BCUT2D eigenvalue weighted by Gasteiger charge is 2.32. The topological polar surface area (TPSA) is 20.3 Å². The molecule has 3 heteroatoms. The molecule has 1 aromatic rings. The van der Waals surface area contributed by atoms with Crippen LogP contribution in [0.15, 0.2) is 49.6 Å². The van der Waals surface area contributed by atoms with Crippen molar-refractivity contribution in [3.05, 3.63) is 61.0 Å². The smallest absolute Gasteiger partial charge is 0.227 e. The van der Waals surface area contributed by atoms with Gasteiger partial charge in [0.15, 0.2) is 0 Å². The number of likely N-dealkylation sites (tertiary alicyclic amines) is 1. The molecule has 0 aromatic heterocycles. The first kappa shape index (κ1) is 14.5. The lowest BCUT2D eigenvalue weighted by atomic mass is 9.90. The van der Waals surface area contributed by atoms with Gasteiger partial charge in [-0.25, -0.2) is 4.39 Å².